The first kappa shape index (κ1) is 18.3. The smallest absolute Gasteiger partial charge is 0.126 e. The predicted molar refractivity (Wildman–Crippen MR) is 104 cm³/mol. The third kappa shape index (κ3) is 3.37. The summed E-state index contributed by atoms with van der Waals surface area (Å²) < 4.78 is 29.8. The Morgan fingerprint density at radius 2 is 1.89 bits per heavy atom. The lowest BCUT2D eigenvalue weighted by Crippen LogP contribution is -2.59. The van der Waals surface area contributed by atoms with Gasteiger partial charge in [-0.05, 0) is 55.2 Å². The Balaban J connectivity index is 1.35. The molecule has 3 aliphatic rings. The van der Waals surface area contributed by atoms with Crippen LogP contribution in [-0.2, 0) is 13.6 Å². The molecule has 4 nitrogen and oxygen atoms in total. The van der Waals surface area contributed by atoms with Crippen LogP contribution in [0.4, 0.5) is 8.78 Å². The van der Waals surface area contributed by atoms with Crippen molar-refractivity contribution < 1.29 is 8.78 Å². The van der Waals surface area contributed by atoms with Crippen molar-refractivity contribution in [1.29, 1.82) is 0 Å². The Morgan fingerprint density at radius 3 is 2.64 bits per heavy atom. The molecular formula is C22H28F2N4. The van der Waals surface area contributed by atoms with Crippen LogP contribution in [0.2, 0.25) is 0 Å². The van der Waals surface area contributed by atoms with Crippen molar-refractivity contribution >= 4 is 0 Å². The fourth-order valence-corrected chi connectivity index (χ4v) is 5.91. The van der Waals surface area contributed by atoms with Crippen molar-refractivity contribution in [1.82, 2.24) is 19.4 Å². The molecule has 2 aromatic rings. The topological polar surface area (TPSA) is 24.3 Å². The number of benzene rings is 1. The van der Waals surface area contributed by atoms with Gasteiger partial charge in [0.15, 0.2) is 0 Å². The van der Waals surface area contributed by atoms with E-state index in [1.165, 1.54) is 25.0 Å². The third-order valence-corrected chi connectivity index (χ3v) is 7.02. The maximum absolute atomic E-state index is 13.8. The Hall–Kier alpha value is -1.79. The number of fused-ring (bicyclic) bond motifs is 4. The SMILES string of the molecule is Cn1ccnc1CN1C[C@@H]2C[C@H](C1)[C@@H]1CCC[C@H](c3cc(F)cc(F)c3)N1C2. The van der Waals surface area contributed by atoms with E-state index in [1.54, 1.807) is 0 Å². The first-order chi connectivity index (χ1) is 13.6. The standard InChI is InChI=1S/C22H28F2N4/c1-26-6-5-25-22(26)14-27-11-15-7-17(13-27)21-4-2-3-20(28(21)12-15)16-8-18(23)10-19(24)9-16/h5-6,8-10,15,17,20-21H,2-4,7,11-14H2,1H3/t15-,17+,20+,21-/m0/s1. The van der Waals surface area contributed by atoms with Gasteiger partial charge in [-0.25, -0.2) is 13.8 Å². The molecule has 1 aromatic heterocycles. The molecule has 2 bridgehead atoms. The van der Waals surface area contributed by atoms with Gasteiger partial charge in [0.1, 0.15) is 17.5 Å². The van der Waals surface area contributed by atoms with Gasteiger partial charge in [-0.15, -0.1) is 0 Å². The molecule has 0 aliphatic carbocycles. The van der Waals surface area contributed by atoms with E-state index < -0.39 is 11.6 Å². The zero-order valence-electron chi connectivity index (χ0n) is 16.4. The molecule has 1 aromatic carbocycles. The molecule has 0 unspecified atom stereocenters. The number of likely N-dealkylation sites (tertiary alicyclic amines) is 1. The van der Waals surface area contributed by atoms with Crippen LogP contribution in [-0.4, -0.2) is 45.0 Å². The Labute approximate surface area is 165 Å². The monoisotopic (exact) mass is 386 g/mol. The number of aromatic nitrogens is 2. The van der Waals surface area contributed by atoms with Gasteiger partial charge in [0.25, 0.3) is 0 Å². The van der Waals surface area contributed by atoms with Gasteiger partial charge in [-0.2, -0.15) is 0 Å². The van der Waals surface area contributed by atoms with E-state index in [9.17, 15) is 8.78 Å². The van der Waals surface area contributed by atoms with Crippen LogP contribution in [0.15, 0.2) is 30.6 Å². The summed E-state index contributed by atoms with van der Waals surface area (Å²) in [5.74, 6) is 1.45. The van der Waals surface area contributed by atoms with Crippen molar-refractivity contribution in [3.8, 4) is 0 Å². The summed E-state index contributed by atoms with van der Waals surface area (Å²) in [5.41, 5.74) is 0.812. The van der Waals surface area contributed by atoms with Crippen molar-refractivity contribution in [3.63, 3.8) is 0 Å². The molecular weight excluding hydrogens is 358 g/mol. The lowest BCUT2D eigenvalue weighted by atomic mass is 9.74. The number of rotatable bonds is 3. The average Bonchev–Trinajstić information content (AvgIpc) is 3.05. The highest BCUT2D eigenvalue weighted by Crippen LogP contribution is 2.44. The normalized spacial score (nSPS) is 31.0. The second-order valence-corrected chi connectivity index (χ2v) is 8.92. The number of nitrogens with zero attached hydrogens (tertiary/aromatic N) is 4. The first-order valence-corrected chi connectivity index (χ1v) is 10.5. The number of halogens is 2. The Morgan fingerprint density at radius 1 is 1.07 bits per heavy atom. The molecule has 5 rings (SSSR count). The van der Waals surface area contributed by atoms with Gasteiger partial charge >= 0.3 is 0 Å². The van der Waals surface area contributed by atoms with Crippen molar-refractivity contribution in [2.45, 2.75) is 44.3 Å². The minimum absolute atomic E-state index is 0.148. The highest BCUT2D eigenvalue weighted by molar-refractivity contribution is 5.23. The molecule has 28 heavy (non-hydrogen) atoms. The molecule has 3 fully saturated rings. The second-order valence-electron chi connectivity index (χ2n) is 8.92. The van der Waals surface area contributed by atoms with Crippen LogP contribution < -0.4 is 0 Å². The second kappa shape index (κ2) is 7.23. The summed E-state index contributed by atoms with van der Waals surface area (Å²) in [6, 6.07) is 4.72. The van der Waals surface area contributed by atoms with E-state index in [0.29, 0.717) is 17.9 Å². The predicted octanol–water partition coefficient (Wildman–Crippen LogP) is 3.75. The zero-order valence-corrected chi connectivity index (χ0v) is 16.4. The summed E-state index contributed by atoms with van der Waals surface area (Å²) in [6.07, 6.45) is 8.47. The van der Waals surface area contributed by atoms with Crippen LogP contribution in [0.3, 0.4) is 0 Å². The number of imidazole rings is 1. The molecule has 6 heteroatoms. The maximum Gasteiger partial charge on any atom is 0.126 e. The molecule has 0 amide bonds. The molecule has 4 atom stereocenters. The number of hydrogen-bond acceptors (Lipinski definition) is 3. The third-order valence-electron chi connectivity index (χ3n) is 7.02. The van der Waals surface area contributed by atoms with Crippen LogP contribution in [0.25, 0.3) is 0 Å². The highest BCUT2D eigenvalue weighted by Gasteiger charge is 2.45. The fourth-order valence-electron chi connectivity index (χ4n) is 5.91. The first-order valence-electron chi connectivity index (χ1n) is 10.5. The van der Waals surface area contributed by atoms with E-state index >= 15 is 0 Å². The number of piperidine rings is 3. The zero-order chi connectivity index (χ0) is 19.3. The molecule has 0 saturated carbocycles. The minimum atomic E-state index is -0.462. The van der Waals surface area contributed by atoms with E-state index in [4.69, 9.17) is 0 Å². The van der Waals surface area contributed by atoms with Crippen molar-refractivity contribution in [2.24, 2.45) is 18.9 Å². The van der Waals surface area contributed by atoms with Crippen molar-refractivity contribution in [2.75, 3.05) is 19.6 Å². The largest absolute Gasteiger partial charge is 0.337 e. The summed E-state index contributed by atoms with van der Waals surface area (Å²) in [5, 5.41) is 0. The molecule has 4 heterocycles. The highest BCUT2D eigenvalue weighted by atomic mass is 19.1. The van der Waals surface area contributed by atoms with E-state index in [2.05, 4.69) is 26.4 Å². The summed E-state index contributed by atoms with van der Waals surface area (Å²) in [7, 11) is 2.05. The van der Waals surface area contributed by atoms with Crippen LogP contribution in [0, 0.1) is 23.5 Å². The average molecular weight is 386 g/mol. The van der Waals surface area contributed by atoms with Crippen LogP contribution in [0.5, 0.6) is 0 Å². The Bertz CT molecular complexity index is 831. The minimum Gasteiger partial charge on any atom is -0.337 e. The lowest BCUT2D eigenvalue weighted by Gasteiger charge is -2.55. The van der Waals surface area contributed by atoms with Gasteiger partial charge in [-0.1, -0.05) is 0 Å². The summed E-state index contributed by atoms with van der Waals surface area (Å²) >= 11 is 0. The van der Waals surface area contributed by atoms with Crippen LogP contribution in [0.1, 0.15) is 43.1 Å². The van der Waals surface area contributed by atoms with E-state index in [1.807, 2.05) is 12.4 Å². The number of aryl methyl sites for hydroxylation is 1. The van der Waals surface area contributed by atoms with Gasteiger partial charge in [0, 0.05) is 57.2 Å². The van der Waals surface area contributed by atoms with Crippen molar-refractivity contribution in [3.05, 3.63) is 53.6 Å². The fraction of sp³-hybridized carbons (Fsp3) is 0.591. The van der Waals surface area contributed by atoms with Gasteiger partial charge < -0.3 is 4.57 Å². The molecule has 3 aliphatic heterocycles. The molecule has 3 saturated heterocycles. The van der Waals surface area contributed by atoms with Gasteiger partial charge in [-0.3, -0.25) is 9.80 Å². The van der Waals surface area contributed by atoms with Crippen LogP contribution >= 0.6 is 0 Å². The van der Waals surface area contributed by atoms with Gasteiger partial charge in [0.05, 0.1) is 6.54 Å². The van der Waals surface area contributed by atoms with E-state index in [-0.39, 0.29) is 6.04 Å². The lowest BCUT2D eigenvalue weighted by molar-refractivity contribution is -0.0597. The summed E-state index contributed by atoms with van der Waals surface area (Å²) in [4.78, 5) is 9.63. The Kier molecular flexibility index (Phi) is 4.71. The molecule has 0 radical (unpaired) electrons. The molecule has 0 spiro atoms. The maximum atomic E-state index is 13.8. The summed E-state index contributed by atoms with van der Waals surface area (Å²) in [6.45, 7) is 4.11. The molecule has 0 N–H and O–H groups in total. The molecule has 150 valence electrons. The quantitative estimate of drug-likeness (QED) is 0.803. The van der Waals surface area contributed by atoms with Gasteiger partial charge in [0.2, 0.25) is 0 Å². The number of hydrogen-bond donors (Lipinski definition) is 0. The van der Waals surface area contributed by atoms with E-state index in [0.717, 1.165) is 56.5 Å².